The topological polar surface area (TPSA) is 283 Å². The van der Waals surface area contributed by atoms with Gasteiger partial charge < -0.3 is 50.6 Å². The summed E-state index contributed by atoms with van der Waals surface area (Å²) in [7, 11) is 0. The molecule has 0 unspecified atom stereocenters. The summed E-state index contributed by atoms with van der Waals surface area (Å²) in [5.41, 5.74) is 2.02. The number of H-pyrrole nitrogens is 1. The zero-order chi connectivity index (χ0) is 40.6. The Labute approximate surface area is 358 Å². The SMILES string of the molecule is C[C@@H]1S[C@@H]2[C@H](NC(=O)/C(=N\OC(C)(C)C(=O)[O-])c3csc(N)n3)C(=O)N2C(C(=O)O)=C1C[N+]12CCC(Cn3c(=O)[nH]c4cc(O)c(O)c(Cl)c4c3=O)(CC1)CC2.[Na+]. The fourth-order valence-electron chi connectivity index (χ4n) is 7.86. The summed E-state index contributed by atoms with van der Waals surface area (Å²) < 4.78 is 1.63. The minimum atomic E-state index is -1.92. The molecule has 0 spiro atoms. The number of carbonyl (C=O) groups is 4. The predicted octanol–water partition coefficient (Wildman–Crippen LogP) is -3.13. The number of anilines is 1. The van der Waals surface area contributed by atoms with E-state index in [9.17, 15) is 49.2 Å². The van der Waals surface area contributed by atoms with Gasteiger partial charge in [-0.15, -0.1) is 23.1 Å². The Morgan fingerprint density at radius 1 is 1.21 bits per heavy atom. The fourth-order valence-corrected chi connectivity index (χ4v) is 10.1. The molecule has 1 aromatic carbocycles. The van der Waals surface area contributed by atoms with Gasteiger partial charge in [0, 0.05) is 53.5 Å². The van der Waals surface area contributed by atoms with Crippen LogP contribution in [0.25, 0.3) is 10.9 Å². The molecule has 298 valence electrons. The van der Waals surface area contributed by atoms with Crippen molar-refractivity contribution in [2.24, 2.45) is 10.6 Å². The summed E-state index contributed by atoms with van der Waals surface area (Å²) in [5, 5.41) is 48.2. The standard InChI is InChI=1S/C34H37ClN8O11S2.Na/c1-14-15(11-43-7-4-34(5-8-43,6-9-43)13-41-26(47)19-16(38-32(41)53)10-18(44)24(45)20(19)35)23(29(49)50)42-27(48)22(28(42)56-14)39-25(46)21(17-12-55-31(36)37-17)40-54-33(2,3)30(51)52;/h10,12,14,22,28H,4-9,11,13H2,1-3H3,(H7-,36,37,38,39,40,44,45,46,47,49,50,51,52,53);/q;+1/t14-,22+,28+,34?,43?;/m0./s1. The van der Waals surface area contributed by atoms with Crippen molar-refractivity contribution in [3.05, 3.63) is 54.3 Å². The molecule has 5 aliphatic rings. The Morgan fingerprint density at radius 3 is 2.44 bits per heavy atom. The first-order chi connectivity index (χ1) is 26.3. The molecule has 7 N–H and O–H groups in total. The Hall–Kier alpha value is -4.12. The van der Waals surface area contributed by atoms with Crippen LogP contribution in [0.3, 0.4) is 0 Å². The minimum absolute atomic E-state index is 0. The maximum atomic E-state index is 13.6. The van der Waals surface area contributed by atoms with E-state index in [1.807, 2.05) is 6.92 Å². The van der Waals surface area contributed by atoms with Gasteiger partial charge in [0.15, 0.2) is 27.9 Å². The molecule has 2 amide bonds. The molecule has 23 heteroatoms. The molecule has 2 bridgehead atoms. The normalized spacial score (nSPS) is 25.8. The molecule has 4 fully saturated rings. The number of hydrogen-bond donors (Lipinski definition) is 6. The number of nitrogens with two attached hydrogens (primary N) is 1. The molecule has 0 aliphatic carbocycles. The van der Waals surface area contributed by atoms with Gasteiger partial charge in [-0.05, 0) is 20.8 Å². The van der Waals surface area contributed by atoms with Gasteiger partial charge >= 0.3 is 41.2 Å². The van der Waals surface area contributed by atoms with E-state index in [1.54, 1.807) is 0 Å². The first-order valence-electron chi connectivity index (χ1n) is 17.4. The largest absolute Gasteiger partial charge is 1.00 e. The molecule has 2 aromatic heterocycles. The molecule has 57 heavy (non-hydrogen) atoms. The number of nitrogens with zero attached hydrogens (tertiary/aromatic N) is 5. The number of aromatic nitrogens is 3. The Bertz CT molecular complexity index is 2390. The third-order valence-corrected chi connectivity index (χ3v) is 13.8. The summed E-state index contributed by atoms with van der Waals surface area (Å²) >= 11 is 8.51. The number of aliphatic carboxylic acids is 2. The number of carboxylic acids is 2. The minimum Gasteiger partial charge on any atom is -0.546 e. The molecule has 0 radical (unpaired) electrons. The fraction of sp³-hybridized carbons (Fsp3) is 0.471. The van der Waals surface area contributed by atoms with Gasteiger partial charge in [-0.3, -0.25) is 23.9 Å². The van der Waals surface area contributed by atoms with Crippen molar-refractivity contribution in [1.82, 2.24) is 24.8 Å². The number of amides is 2. The number of fused-ring (bicyclic) bond motifs is 5. The number of benzene rings is 1. The van der Waals surface area contributed by atoms with Gasteiger partial charge in [-0.25, -0.2) is 14.6 Å². The Morgan fingerprint density at radius 2 is 1.86 bits per heavy atom. The van der Waals surface area contributed by atoms with E-state index in [-0.39, 0.29) is 73.8 Å². The summed E-state index contributed by atoms with van der Waals surface area (Å²) in [6.07, 6.45) is 1.88. The first-order valence-corrected chi connectivity index (χ1v) is 19.6. The maximum Gasteiger partial charge on any atom is 1.00 e. The summed E-state index contributed by atoms with van der Waals surface area (Å²) in [6, 6.07) is -0.0796. The summed E-state index contributed by atoms with van der Waals surface area (Å²) in [4.78, 5) is 91.0. The molecule has 0 saturated carbocycles. The predicted molar refractivity (Wildman–Crippen MR) is 201 cm³/mol. The second-order valence-electron chi connectivity index (χ2n) is 15.1. The van der Waals surface area contributed by atoms with Crippen molar-refractivity contribution in [3.63, 3.8) is 0 Å². The molecule has 3 atom stereocenters. The number of carboxylic acid groups (broad SMARTS) is 2. The monoisotopic (exact) mass is 855 g/mol. The van der Waals surface area contributed by atoms with Crippen LogP contribution in [0.4, 0.5) is 5.13 Å². The molecule has 8 rings (SSSR count). The number of nitrogen functional groups attached to an aromatic ring is 1. The van der Waals surface area contributed by atoms with Crippen molar-refractivity contribution < 1.29 is 78.5 Å². The third-order valence-electron chi connectivity index (χ3n) is 11.3. The molecule has 3 aromatic rings. The van der Waals surface area contributed by atoms with Crippen molar-refractivity contribution in [2.45, 2.75) is 68.8 Å². The number of thiazole rings is 1. The quantitative estimate of drug-likeness (QED) is 0.0278. The number of halogens is 1. The number of carbonyl (C=O) groups excluding carboxylic acids is 3. The number of phenols is 2. The van der Waals surface area contributed by atoms with Crippen molar-refractivity contribution in [2.75, 3.05) is 31.9 Å². The van der Waals surface area contributed by atoms with Crippen molar-refractivity contribution in [3.8, 4) is 11.5 Å². The van der Waals surface area contributed by atoms with E-state index >= 15 is 0 Å². The molecule has 19 nitrogen and oxygen atoms in total. The summed E-state index contributed by atoms with van der Waals surface area (Å²) in [6.45, 7) is 6.52. The van der Waals surface area contributed by atoms with Crippen molar-refractivity contribution in [1.29, 1.82) is 0 Å². The molecule has 5 aliphatic heterocycles. The van der Waals surface area contributed by atoms with E-state index in [0.717, 1.165) is 22.0 Å². The number of rotatable bonds is 11. The maximum absolute atomic E-state index is 13.6. The number of thioether (sulfide) groups is 1. The zero-order valence-corrected chi connectivity index (χ0v) is 35.5. The molecular weight excluding hydrogens is 819 g/mol. The van der Waals surface area contributed by atoms with Crippen LogP contribution >= 0.6 is 34.7 Å². The Kier molecular flexibility index (Phi) is 11.4. The second kappa shape index (κ2) is 15.2. The van der Waals surface area contributed by atoms with Crippen LogP contribution in [0.2, 0.25) is 5.02 Å². The van der Waals surface area contributed by atoms with E-state index in [1.165, 1.54) is 35.9 Å². The number of quaternary nitrogens is 1. The van der Waals surface area contributed by atoms with Crippen LogP contribution in [0, 0.1) is 5.41 Å². The van der Waals surface area contributed by atoms with Crippen LogP contribution in [0.15, 0.2) is 37.5 Å². The van der Waals surface area contributed by atoms with Crippen LogP contribution in [-0.4, -0.2) is 117 Å². The van der Waals surface area contributed by atoms with Gasteiger partial charge in [0.2, 0.25) is 0 Å². The van der Waals surface area contributed by atoms with E-state index in [4.69, 9.17) is 22.2 Å². The van der Waals surface area contributed by atoms with Crippen LogP contribution in [0.1, 0.15) is 45.7 Å². The molecule has 7 heterocycles. The molecule has 4 saturated heterocycles. The third kappa shape index (κ3) is 7.42. The van der Waals surface area contributed by atoms with Gasteiger partial charge in [-0.1, -0.05) is 16.8 Å². The van der Waals surface area contributed by atoms with Crippen LogP contribution in [-0.2, 0) is 30.6 Å². The number of hydrogen-bond acceptors (Lipinski definition) is 15. The number of nitrogens with one attached hydrogen (secondary N) is 2. The molecular formula is C34H37ClN8NaO11S2+. The smallest absolute Gasteiger partial charge is 0.546 e. The first kappa shape index (κ1) is 42.5. The van der Waals surface area contributed by atoms with E-state index in [0.29, 0.717) is 55.5 Å². The zero-order valence-electron chi connectivity index (χ0n) is 31.2. The average Bonchev–Trinajstić information content (AvgIpc) is 3.58. The number of aromatic hydroxyl groups is 2. The van der Waals surface area contributed by atoms with E-state index in [2.05, 4.69) is 20.4 Å². The number of oxime groups is 1. The number of aromatic amines is 1. The number of phenolic OH excluding ortho intramolecular Hbond substituents is 2. The summed E-state index contributed by atoms with van der Waals surface area (Å²) in [5.74, 6) is -5.69. The van der Waals surface area contributed by atoms with Crippen LogP contribution < -0.4 is 57.0 Å². The van der Waals surface area contributed by atoms with Crippen molar-refractivity contribution >= 4 is 80.2 Å². The van der Waals surface area contributed by atoms with Gasteiger partial charge in [0.1, 0.15) is 34.4 Å². The van der Waals surface area contributed by atoms with E-state index < -0.39 is 74.6 Å². The van der Waals surface area contributed by atoms with Gasteiger partial charge in [-0.2, -0.15) is 0 Å². The number of piperidine rings is 3. The van der Waals surface area contributed by atoms with Gasteiger partial charge in [0.25, 0.3) is 17.4 Å². The number of β-lactam (4-membered cyclic amide) rings is 1. The van der Waals surface area contributed by atoms with Gasteiger partial charge in [0.05, 0.1) is 36.5 Å². The average molecular weight is 856 g/mol. The second-order valence-corrected chi connectivity index (χ2v) is 17.9. The Balaban J connectivity index is 0.00000549. The van der Waals surface area contributed by atoms with Crippen LogP contribution in [0.5, 0.6) is 11.5 Å².